The molecule has 0 bridgehead atoms. The fourth-order valence-corrected chi connectivity index (χ4v) is 3.44. The Labute approximate surface area is 116 Å². The second-order valence-corrected chi connectivity index (χ2v) is 6.70. The van der Waals surface area contributed by atoms with Crippen LogP contribution in [0.4, 0.5) is 8.78 Å². The lowest BCUT2D eigenvalue weighted by molar-refractivity contribution is 0.121. The number of aromatic nitrogens is 2. The topological polar surface area (TPSA) is 76.0 Å². The molecule has 2 unspecified atom stereocenters. The van der Waals surface area contributed by atoms with Gasteiger partial charge in [-0.1, -0.05) is 6.92 Å². The van der Waals surface area contributed by atoms with Crippen molar-refractivity contribution in [3.63, 3.8) is 0 Å². The Balaban J connectivity index is 2.07. The van der Waals surface area contributed by atoms with E-state index in [0.29, 0.717) is 6.54 Å². The lowest BCUT2D eigenvalue weighted by Crippen LogP contribution is -2.50. The minimum atomic E-state index is -3.73. The zero-order valence-corrected chi connectivity index (χ0v) is 11.9. The van der Waals surface area contributed by atoms with Gasteiger partial charge in [0.15, 0.2) is 0 Å². The predicted octanol–water partition coefficient (Wildman–Crippen LogP) is 0.424. The molecule has 114 valence electrons. The average molecular weight is 308 g/mol. The first-order valence-electron chi connectivity index (χ1n) is 6.42. The summed E-state index contributed by atoms with van der Waals surface area (Å²) in [6.45, 7) is 2.79. The van der Waals surface area contributed by atoms with Gasteiger partial charge in [0.2, 0.25) is 10.0 Å². The van der Waals surface area contributed by atoms with Gasteiger partial charge in [0, 0.05) is 18.8 Å². The first-order chi connectivity index (χ1) is 9.38. The van der Waals surface area contributed by atoms with Crippen LogP contribution in [-0.2, 0) is 16.6 Å². The number of rotatable bonds is 5. The second-order valence-electron chi connectivity index (χ2n) is 4.99. The Morgan fingerprint density at radius 1 is 1.60 bits per heavy atom. The van der Waals surface area contributed by atoms with Crippen LogP contribution in [0, 0.1) is 5.92 Å². The molecule has 2 heterocycles. The Hall–Kier alpha value is -1.06. The van der Waals surface area contributed by atoms with E-state index in [2.05, 4.69) is 15.1 Å². The number of nitrogens with one attached hydrogen (secondary N) is 2. The van der Waals surface area contributed by atoms with Crippen molar-refractivity contribution in [2.24, 2.45) is 5.92 Å². The number of hydrogen-bond donors (Lipinski definition) is 2. The van der Waals surface area contributed by atoms with Crippen LogP contribution in [-0.4, -0.2) is 43.8 Å². The molecule has 2 N–H and O–H groups in total. The molecule has 1 aromatic heterocycles. The summed E-state index contributed by atoms with van der Waals surface area (Å²) in [5.74, 6) is 0.224. The third-order valence-electron chi connectivity index (χ3n) is 3.38. The van der Waals surface area contributed by atoms with E-state index in [0.717, 1.165) is 30.0 Å². The fraction of sp³-hybridized carbons (Fsp3) is 0.727. The van der Waals surface area contributed by atoms with Crippen LogP contribution in [0.15, 0.2) is 17.3 Å². The molecule has 6 nitrogen and oxygen atoms in total. The molecular formula is C11H18F2N4O2S. The SMILES string of the molecule is CC1CCNCC1NS(=O)(=O)c1cnn(CC(F)F)c1. The molecule has 1 aromatic rings. The highest BCUT2D eigenvalue weighted by molar-refractivity contribution is 7.89. The van der Waals surface area contributed by atoms with Crippen LogP contribution in [0.25, 0.3) is 0 Å². The quantitative estimate of drug-likeness (QED) is 0.827. The number of piperidine rings is 1. The molecular weight excluding hydrogens is 290 g/mol. The number of halogens is 2. The minimum absolute atomic E-state index is 0.0871. The highest BCUT2D eigenvalue weighted by atomic mass is 32.2. The molecule has 0 aliphatic carbocycles. The summed E-state index contributed by atoms with van der Waals surface area (Å²) in [4.78, 5) is -0.0871. The minimum Gasteiger partial charge on any atom is -0.315 e. The van der Waals surface area contributed by atoms with Crippen molar-refractivity contribution in [3.05, 3.63) is 12.4 Å². The van der Waals surface area contributed by atoms with Gasteiger partial charge in [-0.3, -0.25) is 4.68 Å². The predicted molar refractivity (Wildman–Crippen MR) is 69.0 cm³/mol. The van der Waals surface area contributed by atoms with E-state index >= 15 is 0 Å². The normalized spacial score (nSPS) is 24.2. The Morgan fingerprint density at radius 2 is 2.35 bits per heavy atom. The van der Waals surface area contributed by atoms with Crippen LogP contribution in [0.3, 0.4) is 0 Å². The molecule has 9 heteroatoms. The average Bonchev–Trinajstić information content (AvgIpc) is 2.80. The lowest BCUT2D eigenvalue weighted by atomic mass is 9.96. The molecule has 2 rings (SSSR count). The van der Waals surface area contributed by atoms with E-state index in [9.17, 15) is 17.2 Å². The van der Waals surface area contributed by atoms with Crippen molar-refractivity contribution in [3.8, 4) is 0 Å². The Kier molecular flexibility index (Phi) is 4.71. The molecule has 0 spiro atoms. The lowest BCUT2D eigenvalue weighted by Gasteiger charge is -2.29. The molecule has 20 heavy (non-hydrogen) atoms. The molecule has 0 radical (unpaired) electrons. The molecule has 0 aromatic carbocycles. The molecule has 0 amide bonds. The maximum Gasteiger partial charge on any atom is 0.257 e. The van der Waals surface area contributed by atoms with Crippen molar-refractivity contribution >= 4 is 10.0 Å². The van der Waals surface area contributed by atoms with Gasteiger partial charge in [-0.15, -0.1) is 0 Å². The number of nitrogens with zero attached hydrogens (tertiary/aromatic N) is 2. The zero-order valence-electron chi connectivity index (χ0n) is 11.1. The van der Waals surface area contributed by atoms with Crippen molar-refractivity contribution in [2.75, 3.05) is 13.1 Å². The summed E-state index contributed by atoms with van der Waals surface area (Å²) >= 11 is 0. The number of sulfonamides is 1. The van der Waals surface area contributed by atoms with Gasteiger partial charge in [0.25, 0.3) is 6.43 Å². The van der Waals surface area contributed by atoms with Gasteiger partial charge in [-0.2, -0.15) is 5.10 Å². The zero-order chi connectivity index (χ0) is 14.8. The van der Waals surface area contributed by atoms with Gasteiger partial charge in [-0.05, 0) is 18.9 Å². The van der Waals surface area contributed by atoms with E-state index < -0.39 is 23.0 Å². The van der Waals surface area contributed by atoms with Crippen LogP contribution in [0.1, 0.15) is 13.3 Å². The van der Waals surface area contributed by atoms with Crippen molar-refractivity contribution in [2.45, 2.75) is 37.3 Å². The van der Waals surface area contributed by atoms with E-state index in [1.54, 1.807) is 0 Å². The van der Waals surface area contributed by atoms with Crippen molar-refractivity contribution in [1.82, 2.24) is 19.8 Å². The van der Waals surface area contributed by atoms with E-state index in [1.165, 1.54) is 0 Å². The summed E-state index contributed by atoms with van der Waals surface area (Å²) in [7, 11) is -3.73. The molecule has 1 aliphatic heterocycles. The van der Waals surface area contributed by atoms with Crippen LogP contribution in [0.2, 0.25) is 0 Å². The van der Waals surface area contributed by atoms with Crippen molar-refractivity contribution in [1.29, 1.82) is 0 Å². The van der Waals surface area contributed by atoms with Gasteiger partial charge in [-0.25, -0.2) is 21.9 Å². The van der Waals surface area contributed by atoms with Crippen LogP contribution in [0.5, 0.6) is 0 Å². The largest absolute Gasteiger partial charge is 0.315 e. The fourth-order valence-electron chi connectivity index (χ4n) is 2.14. The summed E-state index contributed by atoms with van der Waals surface area (Å²) in [6.07, 6.45) is 0.528. The number of alkyl halides is 2. The summed E-state index contributed by atoms with van der Waals surface area (Å²) in [5.41, 5.74) is 0. The van der Waals surface area contributed by atoms with E-state index in [-0.39, 0.29) is 16.9 Å². The third kappa shape index (κ3) is 3.74. The van der Waals surface area contributed by atoms with Gasteiger partial charge in [0.05, 0.1) is 6.20 Å². The maximum absolute atomic E-state index is 12.2. The highest BCUT2D eigenvalue weighted by Crippen LogP contribution is 2.15. The summed E-state index contributed by atoms with van der Waals surface area (Å²) in [5, 5.41) is 6.76. The third-order valence-corrected chi connectivity index (χ3v) is 4.82. The molecule has 1 saturated heterocycles. The standard InChI is InChI=1S/C11H18F2N4O2S/c1-8-2-3-14-5-10(8)16-20(18,19)9-4-15-17(6-9)7-11(12)13/h4,6,8,10-11,14,16H,2-3,5,7H2,1H3. The smallest absolute Gasteiger partial charge is 0.257 e. The van der Waals surface area contributed by atoms with Crippen LogP contribution >= 0.6 is 0 Å². The first-order valence-corrected chi connectivity index (χ1v) is 7.90. The first kappa shape index (κ1) is 15.3. The molecule has 2 atom stereocenters. The number of hydrogen-bond acceptors (Lipinski definition) is 4. The molecule has 1 aliphatic rings. The maximum atomic E-state index is 12.2. The van der Waals surface area contributed by atoms with Crippen molar-refractivity contribution < 1.29 is 17.2 Å². The molecule has 1 fully saturated rings. The van der Waals surface area contributed by atoms with Gasteiger partial charge >= 0.3 is 0 Å². The summed E-state index contributed by atoms with van der Waals surface area (Å²) < 4.78 is 52.3. The van der Waals surface area contributed by atoms with E-state index in [1.807, 2.05) is 6.92 Å². The van der Waals surface area contributed by atoms with Crippen LogP contribution < -0.4 is 10.0 Å². The Bertz CT molecular complexity index is 546. The molecule has 0 saturated carbocycles. The monoisotopic (exact) mass is 308 g/mol. The Morgan fingerprint density at radius 3 is 3.00 bits per heavy atom. The summed E-state index contributed by atoms with van der Waals surface area (Å²) in [6, 6.07) is -0.202. The second kappa shape index (κ2) is 6.15. The van der Waals surface area contributed by atoms with E-state index in [4.69, 9.17) is 0 Å². The van der Waals surface area contributed by atoms with Gasteiger partial charge < -0.3 is 5.32 Å². The van der Waals surface area contributed by atoms with Gasteiger partial charge in [0.1, 0.15) is 11.4 Å². The highest BCUT2D eigenvalue weighted by Gasteiger charge is 2.27.